The Morgan fingerprint density at radius 2 is 2.00 bits per heavy atom. The van der Waals surface area contributed by atoms with Gasteiger partial charge in [0, 0.05) is 24.0 Å². The molecule has 0 radical (unpaired) electrons. The molecule has 1 aromatic carbocycles. The number of amides is 1. The number of rotatable bonds is 4. The Bertz CT molecular complexity index is 453. The van der Waals surface area contributed by atoms with Gasteiger partial charge < -0.3 is 16.4 Å². The van der Waals surface area contributed by atoms with Crippen LogP contribution in [0.25, 0.3) is 0 Å². The summed E-state index contributed by atoms with van der Waals surface area (Å²) in [4.78, 5) is 13.9. The smallest absolute Gasteiger partial charge is 0.250 e. The van der Waals surface area contributed by atoms with Gasteiger partial charge in [0.15, 0.2) is 0 Å². The molecule has 1 aromatic rings. The van der Waals surface area contributed by atoms with Crippen LogP contribution in [-0.2, 0) is 0 Å². The number of hydrogen-bond acceptors (Lipinski definition) is 3. The van der Waals surface area contributed by atoms with E-state index in [0.29, 0.717) is 17.3 Å². The Balaban J connectivity index is 2.34. The topological polar surface area (TPSA) is 72.3 Å². The summed E-state index contributed by atoms with van der Waals surface area (Å²) in [5, 5.41) is 0. The predicted molar refractivity (Wildman–Crippen MR) is 79.3 cm³/mol. The maximum atomic E-state index is 11.6. The molecule has 0 aromatic heterocycles. The molecule has 0 spiro atoms. The summed E-state index contributed by atoms with van der Waals surface area (Å²) in [5.74, 6) is -0.406. The Hall–Kier alpha value is -1.71. The Labute approximate surface area is 114 Å². The quantitative estimate of drug-likeness (QED) is 0.818. The van der Waals surface area contributed by atoms with E-state index in [9.17, 15) is 4.79 Å². The van der Waals surface area contributed by atoms with E-state index < -0.39 is 5.91 Å². The van der Waals surface area contributed by atoms with Crippen LogP contribution in [0.5, 0.6) is 0 Å². The van der Waals surface area contributed by atoms with Crippen LogP contribution in [0.2, 0.25) is 0 Å². The molecule has 1 aliphatic carbocycles. The van der Waals surface area contributed by atoms with Crippen LogP contribution in [0.4, 0.5) is 11.4 Å². The van der Waals surface area contributed by atoms with E-state index in [1.54, 1.807) is 6.07 Å². The third-order valence-corrected chi connectivity index (χ3v) is 3.95. The maximum Gasteiger partial charge on any atom is 0.250 e. The van der Waals surface area contributed by atoms with Crippen LogP contribution in [0.1, 0.15) is 49.4 Å². The summed E-state index contributed by atoms with van der Waals surface area (Å²) in [6.07, 6.45) is 6.23. The zero-order valence-electron chi connectivity index (χ0n) is 11.6. The van der Waals surface area contributed by atoms with Gasteiger partial charge >= 0.3 is 0 Å². The fourth-order valence-corrected chi connectivity index (χ4v) is 3.02. The van der Waals surface area contributed by atoms with E-state index in [2.05, 4.69) is 11.8 Å². The van der Waals surface area contributed by atoms with Gasteiger partial charge in [0.1, 0.15) is 0 Å². The lowest BCUT2D eigenvalue weighted by atomic mass is 9.93. The van der Waals surface area contributed by atoms with E-state index in [1.165, 1.54) is 32.1 Å². The molecule has 1 amide bonds. The van der Waals surface area contributed by atoms with Gasteiger partial charge in [-0.15, -0.1) is 0 Å². The number of carbonyl (C=O) groups is 1. The van der Waals surface area contributed by atoms with Crippen molar-refractivity contribution in [2.45, 2.75) is 45.1 Å². The molecular weight excluding hydrogens is 238 g/mol. The van der Waals surface area contributed by atoms with E-state index in [1.807, 2.05) is 12.1 Å². The number of primary amides is 1. The first-order chi connectivity index (χ1) is 9.13. The molecule has 4 heteroatoms. The second kappa shape index (κ2) is 5.95. The Morgan fingerprint density at radius 3 is 2.58 bits per heavy atom. The van der Waals surface area contributed by atoms with Crippen molar-refractivity contribution in [1.29, 1.82) is 0 Å². The minimum absolute atomic E-state index is 0.406. The van der Waals surface area contributed by atoms with Gasteiger partial charge in [-0.1, -0.05) is 19.3 Å². The summed E-state index contributed by atoms with van der Waals surface area (Å²) in [7, 11) is 0. The Kier molecular flexibility index (Phi) is 4.30. The van der Waals surface area contributed by atoms with E-state index in [4.69, 9.17) is 11.5 Å². The van der Waals surface area contributed by atoms with E-state index in [0.717, 1.165) is 12.2 Å². The first-order valence-corrected chi connectivity index (χ1v) is 7.09. The van der Waals surface area contributed by atoms with Crippen molar-refractivity contribution >= 4 is 17.3 Å². The van der Waals surface area contributed by atoms with Gasteiger partial charge in [0.25, 0.3) is 5.91 Å². The van der Waals surface area contributed by atoms with Crippen molar-refractivity contribution in [2.24, 2.45) is 5.73 Å². The molecule has 104 valence electrons. The second-order valence-electron chi connectivity index (χ2n) is 5.22. The highest BCUT2D eigenvalue weighted by Crippen LogP contribution is 2.30. The normalized spacial score (nSPS) is 16.3. The molecule has 0 bridgehead atoms. The van der Waals surface area contributed by atoms with Gasteiger partial charge in [-0.3, -0.25) is 4.79 Å². The lowest BCUT2D eigenvalue weighted by Gasteiger charge is -2.36. The summed E-state index contributed by atoms with van der Waals surface area (Å²) in [6, 6.07) is 5.96. The van der Waals surface area contributed by atoms with Gasteiger partial charge in [-0.05, 0) is 38.0 Å². The minimum atomic E-state index is -0.406. The van der Waals surface area contributed by atoms with Crippen molar-refractivity contribution < 1.29 is 4.79 Å². The monoisotopic (exact) mass is 261 g/mol. The molecule has 0 atom stereocenters. The number of nitrogens with zero attached hydrogens (tertiary/aromatic N) is 1. The number of anilines is 2. The fourth-order valence-electron chi connectivity index (χ4n) is 3.02. The first-order valence-electron chi connectivity index (χ1n) is 7.09. The summed E-state index contributed by atoms with van der Waals surface area (Å²) >= 11 is 0. The van der Waals surface area contributed by atoms with Gasteiger partial charge in [-0.2, -0.15) is 0 Å². The highest BCUT2D eigenvalue weighted by atomic mass is 16.1. The van der Waals surface area contributed by atoms with Crippen molar-refractivity contribution in [1.82, 2.24) is 0 Å². The van der Waals surface area contributed by atoms with Crippen molar-refractivity contribution in [3.8, 4) is 0 Å². The summed E-state index contributed by atoms with van der Waals surface area (Å²) in [6.45, 7) is 3.00. The molecule has 2 rings (SSSR count). The fraction of sp³-hybridized carbons (Fsp3) is 0.533. The highest BCUT2D eigenvalue weighted by Gasteiger charge is 2.23. The number of benzene rings is 1. The van der Waals surface area contributed by atoms with Crippen molar-refractivity contribution in [3.05, 3.63) is 23.8 Å². The van der Waals surface area contributed by atoms with Gasteiger partial charge in [0.05, 0.1) is 5.56 Å². The average molecular weight is 261 g/mol. The number of hydrogen-bond donors (Lipinski definition) is 2. The molecule has 1 fully saturated rings. The van der Waals surface area contributed by atoms with Crippen molar-refractivity contribution in [3.63, 3.8) is 0 Å². The molecule has 0 unspecified atom stereocenters. The van der Waals surface area contributed by atoms with Gasteiger partial charge in [-0.25, -0.2) is 0 Å². The summed E-state index contributed by atoms with van der Waals surface area (Å²) in [5.41, 5.74) is 13.3. The lowest BCUT2D eigenvalue weighted by Crippen LogP contribution is -2.38. The van der Waals surface area contributed by atoms with Crippen LogP contribution < -0.4 is 16.4 Å². The Morgan fingerprint density at radius 1 is 1.32 bits per heavy atom. The third kappa shape index (κ3) is 3.00. The average Bonchev–Trinajstić information content (AvgIpc) is 2.42. The summed E-state index contributed by atoms with van der Waals surface area (Å²) < 4.78 is 0. The number of nitrogen functional groups attached to an aromatic ring is 1. The van der Waals surface area contributed by atoms with Crippen molar-refractivity contribution in [2.75, 3.05) is 17.2 Å². The predicted octanol–water partition coefficient (Wildman–Crippen LogP) is 2.53. The number of carbonyl (C=O) groups excluding carboxylic acids is 1. The largest absolute Gasteiger partial charge is 0.399 e. The lowest BCUT2D eigenvalue weighted by molar-refractivity contribution is 0.100. The van der Waals surface area contributed by atoms with Gasteiger partial charge in [0.2, 0.25) is 0 Å². The molecule has 0 saturated heterocycles. The molecule has 4 nitrogen and oxygen atoms in total. The van der Waals surface area contributed by atoms with E-state index in [-0.39, 0.29) is 0 Å². The SMILES string of the molecule is CCN(c1ccc(N)cc1C(N)=O)C1CCCCC1. The maximum absolute atomic E-state index is 11.6. The molecule has 19 heavy (non-hydrogen) atoms. The van der Waals surface area contributed by atoms with Crippen LogP contribution in [0.15, 0.2) is 18.2 Å². The minimum Gasteiger partial charge on any atom is -0.399 e. The molecule has 0 heterocycles. The molecule has 1 saturated carbocycles. The van der Waals surface area contributed by atoms with Crippen LogP contribution in [-0.4, -0.2) is 18.5 Å². The molecule has 0 aliphatic heterocycles. The second-order valence-corrected chi connectivity index (χ2v) is 5.22. The zero-order valence-corrected chi connectivity index (χ0v) is 11.6. The van der Waals surface area contributed by atoms with Crippen LogP contribution in [0.3, 0.4) is 0 Å². The third-order valence-electron chi connectivity index (χ3n) is 3.95. The van der Waals surface area contributed by atoms with Crippen LogP contribution in [0, 0.1) is 0 Å². The standard InChI is InChI=1S/C15H23N3O/c1-2-18(12-6-4-3-5-7-12)14-9-8-11(16)10-13(14)15(17)19/h8-10,12H,2-7,16H2,1H3,(H2,17,19). The highest BCUT2D eigenvalue weighted by molar-refractivity contribution is 5.99. The first kappa shape index (κ1) is 13.7. The molecule has 1 aliphatic rings. The molecule has 4 N–H and O–H groups in total. The molecular formula is C15H23N3O. The number of nitrogens with two attached hydrogens (primary N) is 2. The van der Waals surface area contributed by atoms with E-state index >= 15 is 0 Å². The van der Waals surface area contributed by atoms with Crippen LogP contribution >= 0.6 is 0 Å². The zero-order chi connectivity index (χ0) is 13.8.